The number of thiophene rings is 1. The third-order valence-corrected chi connectivity index (χ3v) is 9.02. The highest BCUT2D eigenvalue weighted by atomic mass is 32.2. The predicted octanol–water partition coefficient (Wildman–Crippen LogP) is 4.96. The Morgan fingerprint density at radius 1 is 1.07 bits per heavy atom. The summed E-state index contributed by atoms with van der Waals surface area (Å²) < 4.78 is 27.3. The molecule has 0 aromatic carbocycles. The van der Waals surface area contributed by atoms with Crippen LogP contribution >= 0.6 is 23.3 Å². The molecule has 1 spiro atoms. The van der Waals surface area contributed by atoms with Crippen molar-refractivity contribution in [3.05, 3.63) is 22.7 Å². The average Bonchev–Trinajstić information content (AvgIpc) is 3.59. The molecule has 1 N–H and O–H groups in total. The number of methoxy groups -OCH3 is 1. The van der Waals surface area contributed by atoms with E-state index in [1.165, 1.54) is 22.4 Å². The molecule has 3 saturated heterocycles. The van der Waals surface area contributed by atoms with Crippen LogP contribution in [0.3, 0.4) is 0 Å². The molecule has 0 bridgehead atoms. The van der Waals surface area contributed by atoms with Crippen molar-refractivity contribution in [1.29, 1.82) is 0 Å². The van der Waals surface area contributed by atoms with Crippen LogP contribution in [0.15, 0.2) is 12.3 Å². The Morgan fingerprint density at radius 2 is 1.80 bits per heavy atom. The maximum absolute atomic E-state index is 5.95. The quantitative estimate of drug-likeness (QED) is 0.380. The van der Waals surface area contributed by atoms with Crippen molar-refractivity contribution in [2.45, 2.75) is 45.9 Å². The van der Waals surface area contributed by atoms with Gasteiger partial charge in [-0.2, -0.15) is 0 Å². The van der Waals surface area contributed by atoms with Gasteiger partial charge < -0.3 is 28.6 Å². The van der Waals surface area contributed by atoms with E-state index < -0.39 is 0 Å². The highest BCUT2D eigenvalue weighted by molar-refractivity contribution is 7.99. The summed E-state index contributed by atoms with van der Waals surface area (Å²) in [7, 11) is 1.63. The summed E-state index contributed by atoms with van der Waals surface area (Å²) in [5.74, 6) is 0.934. The fourth-order valence-corrected chi connectivity index (χ4v) is 6.88. The van der Waals surface area contributed by atoms with E-state index in [9.17, 15) is 0 Å². The van der Waals surface area contributed by atoms with Crippen LogP contribution in [-0.2, 0) is 20.8 Å². The number of aromatic nitrogens is 3. The van der Waals surface area contributed by atoms with Crippen molar-refractivity contribution >= 4 is 45.1 Å². The fraction of sp³-hybridized carbons (Fsp3) is 0.607. The molecule has 3 fully saturated rings. The molecule has 12 heteroatoms. The van der Waals surface area contributed by atoms with Gasteiger partial charge in [-0.25, -0.2) is 15.0 Å². The van der Waals surface area contributed by atoms with Gasteiger partial charge in [-0.1, -0.05) is 25.8 Å². The Bertz CT molecular complexity index is 1280. The molecule has 10 nitrogen and oxygen atoms in total. The Kier molecular flexibility index (Phi) is 9.64. The Hall–Kier alpha value is -2.22. The molecule has 40 heavy (non-hydrogen) atoms. The van der Waals surface area contributed by atoms with Crippen molar-refractivity contribution in [1.82, 2.24) is 19.9 Å². The first-order chi connectivity index (χ1) is 19.6. The molecule has 3 aliphatic rings. The van der Waals surface area contributed by atoms with Crippen LogP contribution in [0.1, 0.15) is 37.1 Å². The van der Waals surface area contributed by atoms with E-state index in [2.05, 4.69) is 32.5 Å². The minimum Gasteiger partial charge on any atom is -0.480 e. The molecule has 0 radical (unpaired) electrons. The van der Waals surface area contributed by atoms with Gasteiger partial charge in [0.05, 0.1) is 49.4 Å². The second-order valence-electron chi connectivity index (χ2n) is 9.76. The van der Waals surface area contributed by atoms with Crippen molar-refractivity contribution in [2.75, 3.05) is 75.6 Å². The van der Waals surface area contributed by atoms with Crippen molar-refractivity contribution < 1.29 is 18.9 Å². The lowest BCUT2D eigenvalue weighted by atomic mass is 10.0. The standard InChI is InChI=1S/C26H34N6O4S2.C2H6/c1-17-19(16-31-6-4-26(5-7-31)35-12-13-36-26)22-23(38-17)21(28-25(29-22)32-8-10-34-11-9-32)18-14-20(30-37-3)24(33-2)27-15-18;1-2/h14-15,30H,4-13,16H2,1-3H3;1-2H3. The van der Waals surface area contributed by atoms with Crippen LogP contribution in [0.4, 0.5) is 11.6 Å². The minimum atomic E-state index is -0.370. The number of pyridine rings is 1. The number of fused-ring (bicyclic) bond motifs is 1. The molecule has 218 valence electrons. The van der Waals surface area contributed by atoms with Gasteiger partial charge in [-0.3, -0.25) is 4.90 Å². The highest BCUT2D eigenvalue weighted by Gasteiger charge is 2.40. The maximum atomic E-state index is 5.95. The summed E-state index contributed by atoms with van der Waals surface area (Å²) in [6.45, 7) is 13.2. The molecule has 6 heterocycles. The van der Waals surface area contributed by atoms with Crippen LogP contribution in [-0.4, -0.2) is 91.6 Å². The number of nitrogens with one attached hydrogen (secondary N) is 1. The fourth-order valence-electron chi connectivity index (χ4n) is 5.40. The minimum absolute atomic E-state index is 0.370. The highest BCUT2D eigenvalue weighted by Crippen LogP contribution is 2.40. The zero-order valence-corrected chi connectivity index (χ0v) is 25.8. The van der Waals surface area contributed by atoms with Gasteiger partial charge >= 0.3 is 0 Å². The summed E-state index contributed by atoms with van der Waals surface area (Å²) in [4.78, 5) is 20.8. The zero-order valence-electron chi connectivity index (χ0n) is 24.1. The molecule has 0 unspecified atom stereocenters. The van der Waals surface area contributed by atoms with E-state index >= 15 is 0 Å². The SMILES string of the molecule is CC.COc1ncc(-c2nc(N3CCOCC3)nc3c(CN4CCC5(CC4)OCCO5)c(C)sc23)cc1NSC. The van der Waals surface area contributed by atoms with Crippen LogP contribution in [0.5, 0.6) is 5.88 Å². The lowest BCUT2D eigenvalue weighted by Crippen LogP contribution is -2.44. The molecule has 6 rings (SSSR count). The molecule has 3 aromatic heterocycles. The average molecular weight is 589 g/mol. The molecule has 3 aliphatic heterocycles. The normalized spacial score (nSPS) is 19.1. The van der Waals surface area contributed by atoms with Crippen molar-refractivity contribution in [3.8, 4) is 17.1 Å². The van der Waals surface area contributed by atoms with E-state index in [0.29, 0.717) is 32.3 Å². The van der Waals surface area contributed by atoms with Crippen LogP contribution in [0, 0.1) is 6.92 Å². The van der Waals surface area contributed by atoms with E-state index in [0.717, 1.165) is 78.7 Å². The Labute approximate surface area is 244 Å². The smallest absolute Gasteiger partial charge is 0.237 e. The van der Waals surface area contributed by atoms with E-state index in [4.69, 9.17) is 28.9 Å². The third kappa shape index (κ3) is 6.02. The van der Waals surface area contributed by atoms with Gasteiger partial charge in [0.25, 0.3) is 0 Å². The number of anilines is 2. The maximum Gasteiger partial charge on any atom is 0.237 e. The van der Waals surface area contributed by atoms with Gasteiger partial charge in [0.2, 0.25) is 11.8 Å². The van der Waals surface area contributed by atoms with Gasteiger partial charge in [-0.15, -0.1) is 11.3 Å². The second-order valence-corrected chi connectivity index (χ2v) is 11.6. The van der Waals surface area contributed by atoms with Gasteiger partial charge in [0.15, 0.2) is 5.79 Å². The summed E-state index contributed by atoms with van der Waals surface area (Å²) in [5.41, 5.74) is 4.97. The number of rotatable bonds is 7. The lowest BCUT2D eigenvalue weighted by Gasteiger charge is -2.37. The topological polar surface area (TPSA) is 94.1 Å². The van der Waals surface area contributed by atoms with E-state index in [1.807, 2.05) is 26.3 Å². The molecule has 0 aliphatic carbocycles. The van der Waals surface area contributed by atoms with Gasteiger partial charge in [-0.05, 0) is 13.0 Å². The number of likely N-dealkylation sites (tertiary alicyclic amines) is 1. The Morgan fingerprint density at radius 3 is 2.48 bits per heavy atom. The van der Waals surface area contributed by atoms with Gasteiger partial charge in [0.1, 0.15) is 5.69 Å². The molecule has 0 amide bonds. The van der Waals surface area contributed by atoms with Crippen molar-refractivity contribution in [3.63, 3.8) is 0 Å². The number of aryl methyl sites for hydroxylation is 1. The molecular formula is C28H40N6O4S2. The number of hydrogen-bond acceptors (Lipinski definition) is 12. The lowest BCUT2D eigenvalue weighted by molar-refractivity contribution is -0.185. The first kappa shape index (κ1) is 29.3. The molecular weight excluding hydrogens is 548 g/mol. The first-order valence-electron chi connectivity index (χ1n) is 14.1. The summed E-state index contributed by atoms with van der Waals surface area (Å²) in [6.07, 6.45) is 5.62. The van der Waals surface area contributed by atoms with Crippen molar-refractivity contribution in [2.24, 2.45) is 0 Å². The summed E-state index contributed by atoms with van der Waals surface area (Å²) >= 11 is 3.27. The molecule has 0 saturated carbocycles. The summed E-state index contributed by atoms with van der Waals surface area (Å²) in [6, 6.07) is 2.06. The number of ether oxygens (including phenoxy) is 4. The number of piperidine rings is 1. The molecule has 3 aromatic rings. The largest absolute Gasteiger partial charge is 0.480 e. The third-order valence-electron chi connectivity index (χ3n) is 7.46. The summed E-state index contributed by atoms with van der Waals surface area (Å²) in [5, 5.41) is 0. The van der Waals surface area contributed by atoms with Crippen LogP contribution in [0.25, 0.3) is 21.5 Å². The predicted molar refractivity (Wildman–Crippen MR) is 163 cm³/mol. The van der Waals surface area contributed by atoms with Crippen LogP contribution < -0.4 is 14.4 Å². The van der Waals surface area contributed by atoms with E-state index in [1.54, 1.807) is 18.4 Å². The zero-order chi connectivity index (χ0) is 28.1. The van der Waals surface area contributed by atoms with Crippen LogP contribution in [0.2, 0.25) is 0 Å². The van der Waals surface area contributed by atoms with Gasteiger partial charge in [0, 0.05) is 74.0 Å². The monoisotopic (exact) mass is 588 g/mol. The second kappa shape index (κ2) is 13.2. The number of hydrogen-bond donors (Lipinski definition) is 1. The molecule has 0 atom stereocenters. The van der Waals surface area contributed by atoms with E-state index in [-0.39, 0.29) is 5.79 Å². The number of morpholine rings is 1. The Balaban J connectivity index is 0.00000158. The first-order valence-corrected chi connectivity index (χ1v) is 16.1. The number of nitrogens with zero attached hydrogens (tertiary/aromatic N) is 5.